The lowest BCUT2D eigenvalue weighted by molar-refractivity contribution is -0.385. The van der Waals surface area contributed by atoms with E-state index in [9.17, 15) is 14.9 Å². The van der Waals surface area contributed by atoms with Gasteiger partial charge in [-0.3, -0.25) is 14.9 Å². The summed E-state index contributed by atoms with van der Waals surface area (Å²) in [5.74, 6) is 0.0259. The molecule has 0 saturated heterocycles. The Labute approximate surface area is 110 Å². The summed E-state index contributed by atoms with van der Waals surface area (Å²) in [5.41, 5.74) is 1.12. The first-order valence-electron chi connectivity index (χ1n) is 6.06. The highest BCUT2D eigenvalue weighted by molar-refractivity contribution is 5.99. The van der Waals surface area contributed by atoms with Crippen LogP contribution in [-0.2, 0) is 11.2 Å². The minimum Gasteiger partial charge on any atom is -0.485 e. The molecular weight excluding hydrogens is 250 g/mol. The number of hydrogen-bond donors (Lipinski definition) is 2. The molecule has 19 heavy (non-hydrogen) atoms. The number of nitro groups is 1. The average Bonchev–Trinajstić information content (AvgIpc) is 2.72. The monoisotopic (exact) mass is 265 g/mol. The minimum atomic E-state index is -0.494. The van der Waals surface area contributed by atoms with Gasteiger partial charge in [0.2, 0.25) is 5.91 Å². The Morgan fingerprint density at radius 2 is 2.32 bits per heavy atom. The molecule has 0 spiro atoms. The molecule has 0 saturated carbocycles. The number of hydrogen-bond acceptors (Lipinski definition) is 5. The van der Waals surface area contributed by atoms with Gasteiger partial charge in [0.15, 0.2) is 5.75 Å². The van der Waals surface area contributed by atoms with Crippen molar-refractivity contribution < 1.29 is 14.5 Å². The lowest BCUT2D eigenvalue weighted by Crippen LogP contribution is -2.20. The standard InChI is InChI=1S/C12H15N3O4/c1-2-13-3-4-19-11-7-9-8(6-12(16)14-9)5-10(11)15(17)18/h5,7,13H,2-4,6H2,1H3,(H,14,16). The summed E-state index contributed by atoms with van der Waals surface area (Å²) >= 11 is 0. The Morgan fingerprint density at radius 1 is 1.53 bits per heavy atom. The molecule has 1 aromatic carbocycles. The van der Waals surface area contributed by atoms with E-state index in [1.807, 2.05) is 6.92 Å². The molecule has 0 bridgehead atoms. The maximum absolute atomic E-state index is 11.3. The number of carbonyl (C=O) groups is 1. The number of amides is 1. The molecule has 7 nitrogen and oxygen atoms in total. The van der Waals surface area contributed by atoms with Crippen LogP contribution in [0.15, 0.2) is 12.1 Å². The molecule has 1 amide bonds. The molecule has 1 aliphatic rings. The first-order valence-corrected chi connectivity index (χ1v) is 6.06. The van der Waals surface area contributed by atoms with Crippen molar-refractivity contribution in [2.45, 2.75) is 13.3 Å². The number of likely N-dealkylation sites (N-methyl/N-ethyl adjacent to an activating group) is 1. The summed E-state index contributed by atoms with van der Waals surface area (Å²) in [5, 5.41) is 16.7. The molecular formula is C12H15N3O4. The number of nitrogens with one attached hydrogen (secondary N) is 2. The van der Waals surface area contributed by atoms with Crippen LogP contribution in [0.25, 0.3) is 0 Å². The first-order chi connectivity index (χ1) is 9.11. The summed E-state index contributed by atoms with van der Waals surface area (Å²) < 4.78 is 5.41. The van der Waals surface area contributed by atoms with Crippen molar-refractivity contribution in [2.75, 3.05) is 25.0 Å². The van der Waals surface area contributed by atoms with Crippen molar-refractivity contribution in [3.05, 3.63) is 27.8 Å². The number of benzene rings is 1. The van der Waals surface area contributed by atoms with Gasteiger partial charge in [-0.25, -0.2) is 0 Å². The fourth-order valence-corrected chi connectivity index (χ4v) is 1.91. The predicted octanol–water partition coefficient (Wildman–Crippen LogP) is 1.08. The third-order valence-electron chi connectivity index (χ3n) is 2.79. The predicted molar refractivity (Wildman–Crippen MR) is 69.5 cm³/mol. The Bertz CT molecular complexity index is 516. The quantitative estimate of drug-likeness (QED) is 0.456. The second kappa shape index (κ2) is 5.66. The van der Waals surface area contributed by atoms with Gasteiger partial charge in [0.25, 0.3) is 0 Å². The number of ether oxygens (including phenoxy) is 1. The molecule has 7 heteroatoms. The number of anilines is 1. The molecule has 0 aromatic heterocycles. The van der Waals surface area contributed by atoms with Gasteiger partial charge in [-0.2, -0.15) is 0 Å². The van der Waals surface area contributed by atoms with E-state index >= 15 is 0 Å². The van der Waals surface area contributed by atoms with E-state index in [4.69, 9.17) is 4.74 Å². The van der Waals surface area contributed by atoms with Crippen molar-refractivity contribution in [3.63, 3.8) is 0 Å². The molecule has 1 aliphatic heterocycles. The molecule has 0 aliphatic carbocycles. The third kappa shape index (κ3) is 3.00. The summed E-state index contributed by atoms with van der Waals surface area (Å²) in [6, 6.07) is 2.92. The van der Waals surface area contributed by atoms with E-state index in [2.05, 4.69) is 10.6 Å². The molecule has 0 atom stereocenters. The van der Waals surface area contributed by atoms with Gasteiger partial charge in [-0.15, -0.1) is 0 Å². The number of fused-ring (bicyclic) bond motifs is 1. The van der Waals surface area contributed by atoms with Crippen molar-refractivity contribution in [1.82, 2.24) is 5.32 Å². The van der Waals surface area contributed by atoms with E-state index < -0.39 is 4.92 Å². The summed E-state index contributed by atoms with van der Waals surface area (Å²) in [4.78, 5) is 21.8. The van der Waals surface area contributed by atoms with Crippen molar-refractivity contribution in [2.24, 2.45) is 0 Å². The Morgan fingerprint density at radius 3 is 3.00 bits per heavy atom. The largest absolute Gasteiger partial charge is 0.485 e. The number of nitrogens with zero attached hydrogens (tertiary/aromatic N) is 1. The molecule has 0 unspecified atom stereocenters. The van der Waals surface area contributed by atoms with Gasteiger partial charge in [0, 0.05) is 24.4 Å². The van der Waals surface area contributed by atoms with Crippen LogP contribution in [0.1, 0.15) is 12.5 Å². The molecule has 0 radical (unpaired) electrons. The zero-order chi connectivity index (χ0) is 13.8. The van der Waals surface area contributed by atoms with Crippen LogP contribution in [-0.4, -0.2) is 30.5 Å². The second-order valence-electron chi connectivity index (χ2n) is 4.16. The smallest absolute Gasteiger partial charge is 0.311 e. The topological polar surface area (TPSA) is 93.5 Å². The highest BCUT2D eigenvalue weighted by Crippen LogP contribution is 2.35. The van der Waals surface area contributed by atoms with Crippen LogP contribution in [0.2, 0.25) is 0 Å². The fraction of sp³-hybridized carbons (Fsp3) is 0.417. The van der Waals surface area contributed by atoms with Crippen LogP contribution >= 0.6 is 0 Å². The first kappa shape index (κ1) is 13.3. The number of carbonyl (C=O) groups excluding carboxylic acids is 1. The third-order valence-corrected chi connectivity index (χ3v) is 2.79. The number of nitro benzene ring substituents is 1. The molecule has 1 aromatic rings. The van der Waals surface area contributed by atoms with Crippen LogP contribution in [0.3, 0.4) is 0 Å². The maximum atomic E-state index is 11.3. The highest BCUT2D eigenvalue weighted by atomic mass is 16.6. The summed E-state index contributed by atoms with van der Waals surface area (Å²) in [6.45, 7) is 3.72. The Hall–Kier alpha value is -2.15. The van der Waals surface area contributed by atoms with Crippen molar-refractivity contribution >= 4 is 17.3 Å². The van der Waals surface area contributed by atoms with E-state index in [-0.39, 0.29) is 23.8 Å². The van der Waals surface area contributed by atoms with Gasteiger partial charge in [0.05, 0.1) is 11.3 Å². The van der Waals surface area contributed by atoms with Gasteiger partial charge in [-0.1, -0.05) is 6.92 Å². The molecule has 2 rings (SSSR count). The van der Waals surface area contributed by atoms with Crippen molar-refractivity contribution in [3.8, 4) is 5.75 Å². The van der Waals surface area contributed by atoms with Gasteiger partial charge in [0.1, 0.15) is 6.61 Å². The van der Waals surface area contributed by atoms with E-state index in [0.29, 0.717) is 24.4 Å². The molecule has 1 heterocycles. The van der Waals surface area contributed by atoms with E-state index in [1.54, 1.807) is 0 Å². The fourth-order valence-electron chi connectivity index (χ4n) is 1.91. The van der Waals surface area contributed by atoms with Gasteiger partial charge >= 0.3 is 5.69 Å². The van der Waals surface area contributed by atoms with Crippen LogP contribution < -0.4 is 15.4 Å². The van der Waals surface area contributed by atoms with Gasteiger partial charge < -0.3 is 15.4 Å². The number of rotatable bonds is 6. The minimum absolute atomic E-state index is 0.105. The van der Waals surface area contributed by atoms with Gasteiger partial charge in [-0.05, 0) is 12.1 Å². The molecule has 2 N–H and O–H groups in total. The normalized spacial score (nSPS) is 13.0. The zero-order valence-corrected chi connectivity index (χ0v) is 10.6. The lowest BCUT2D eigenvalue weighted by Gasteiger charge is -2.09. The summed E-state index contributed by atoms with van der Waals surface area (Å²) in [7, 11) is 0. The van der Waals surface area contributed by atoms with Crippen molar-refractivity contribution in [1.29, 1.82) is 0 Å². The SMILES string of the molecule is CCNCCOc1cc2c(cc1[N+](=O)[O-])CC(=O)N2. The highest BCUT2D eigenvalue weighted by Gasteiger charge is 2.25. The lowest BCUT2D eigenvalue weighted by atomic mass is 10.1. The summed E-state index contributed by atoms with van der Waals surface area (Å²) in [6.07, 6.45) is 0.174. The second-order valence-corrected chi connectivity index (χ2v) is 4.16. The van der Waals surface area contributed by atoms with Crippen LogP contribution in [0, 0.1) is 10.1 Å². The molecule has 0 fully saturated rings. The van der Waals surface area contributed by atoms with E-state index in [0.717, 1.165) is 6.54 Å². The average molecular weight is 265 g/mol. The van der Waals surface area contributed by atoms with E-state index in [1.165, 1.54) is 12.1 Å². The maximum Gasteiger partial charge on any atom is 0.311 e. The zero-order valence-electron chi connectivity index (χ0n) is 10.6. The van der Waals surface area contributed by atoms with Crippen LogP contribution in [0.4, 0.5) is 11.4 Å². The van der Waals surface area contributed by atoms with Crippen LogP contribution in [0.5, 0.6) is 5.75 Å². The molecule has 102 valence electrons. The Kier molecular flexibility index (Phi) is 3.96. The Balaban J connectivity index is 2.19.